The Morgan fingerprint density at radius 2 is 1.43 bits per heavy atom. The molecule has 0 aromatic carbocycles. The van der Waals surface area contributed by atoms with Gasteiger partial charge in [-0.3, -0.25) is 23.7 Å². The van der Waals surface area contributed by atoms with Crippen molar-refractivity contribution in [1.29, 1.82) is 0 Å². The van der Waals surface area contributed by atoms with E-state index in [0.29, 0.717) is 11.4 Å². The summed E-state index contributed by atoms with van der Waals surface area (Å²) in [7, 11) is 3.32. The summed E-state index contributed by atoms with van der Waals surface area (Å²) in [6.45, 7) is 6.31. The SMILES string of the molecule is CNc1cccn(C(C)C(C)=O)c1=O.CNc1cncn(C(C)C(C)=O)c1=O. The largest absolute Gasteiger partial charge is 0.384 e. The summed E-state index contributed by atoms with van der Waals surface area (Å²) in [5.74, 6) is -0.0949. The summed E-state index contributed by atoms with van der Waals surface area (Å²) in [5.41, 5.74) is 0.490. The summed E-state index contributed by atoms with van der Waals surface area (Å²) >= 11 is 0. The van der Waals surface area contributed by atoms with Crippen molar-refractivity contribution in [2.75, 3.05) is 24.7 Å². The third-order valence-corrected chi connectivity index (χ3v) is 4.38. The molecule has 9 heteroatoms. The molecule has 2 unspecified atom stereocenters. The second-order valence-electron chi connectivity index (χ2n) is 6.23. The van der Waals surface area contributed by atoms with Gasteiger partial charge in [-0.15, -0.1) is 0 Å². The van der Waals surface area contributed by atoms with E-state index in [0.717, 1.165) is 0 Å². The first kappa shape index (κ1) is 22.8. The predicted octanol–water partition coefficient (Wildman–Crippen LogP) is 1.47. The van der Waals surface area contributed by atoms with Crippen LogP contribution in [0.25, 0.3) is 0 Å². The second-order valence-corrected chi connectivity index (χ2v) is 6.23. The highest BCUT2D eigenvalue weighted by molar-refractivity contribution is 5.80. The Balaban J connectivity index is 0.000000280. The lowest BCUT2D eigenvalue weighted by atomic mass is 10.2. The van der Waals surface area contributed by atoms with Crippen molar-refractivity contribution in [2.45, 2.75) is 39.8 Å². The van der Waals surface area contributed by atoms with Crippen molar-refractivity contribution in [3.63, 3.8) is 0 Å². The Hall–Kier alpha value is -3.23. The maximum atomic E-state index is 11.7. The molecule has 2 N–H and O–H groups in total. The second kappa shape index (κ2) is 10.2. The molecule has 0 spiro atoms. The number of anilines is 2. The molecule has 2 heterocycles. The van der Waals surface area contributed by atoms with Gasteiger partial charge < -0.3 is 15.2 Å². The Morgan fingerprint density at radius 3 is 1.93 bits per heavy atom. The number of nitrogens with zero attached hydrogens (tertiary/aromatic N) is 3. The van der Waals surface area contributed by atoms with Gasteiger partial charge in [0, 0.05) is 20.3 Å². The number of nitrogens with one attached hydrogen (secondary N) is 2. The van der Waals surface area contributed by atoms with Gasteiger partial charge in [-0.1, -0.05) is 0 Å². The Kier molecular flexibility index (Phi) is 8.30. The number of aromatic nitrogens is 3. The fourth-order valence-electron chi connectivity index (χ4n) is 2.27. The first-order chi connectivity index (χ1) is 13.1. The molecule has 2 atom stereocenters. The van der Waals surface area contributed by atoms with Crippen LogP contribution < -0.4 is 21.8 Å². The highest BCUT2D eigenvalue weighted by atomic mass is 16.2. The number of ketones is 2. The molecule has 0 bridgehead atoms. The van der Waals surface area contributed by atoms with Crippen LogP contribution in [0.3, 0.4) is 0 Å². The number of Topliss-reactive ketones (excluding diaryl/α,β-unsaturated/α-hetero) is 2. The van der Waals surface area contributed by atoms with E-state index in [1.54, 1.807) is 46.3 Å². The van der Waals surface area contributed by atoms with E-state index in [-0.39, 0.29) is 22.7 Å². The van der Waals surface area contributed by atoms with E-state index in [2.05, 4.69) is 15.6 Å². The summed E-state index contributed by atoms with van der Waals surface area (Å²) < 4.78 is 2.74. The third-order valence-electron chi connectivity index (χ3n) is 4.38. The maximum Gasteiger partial charge on any atom is 0.277 e. The zero-order chi connectivity index (χ0) is 21.4. The number of rotatable bonds is 6. The summed E-state index contributed by atoms with van der Waals surface area (Å²) in [6.07, 6.45) is 4.43. The molecular formula is C19H27N5O4. The van der Waals surface area contributed by atoms with E-state index in [1.165, 1.54) is 35.5 Å². The first-order valence-electron chi connectivity index (χ1n) is 8.79. The van der Waals surface area contributed by atoms with Crippen LogP contribution in [0.1, 0.15) is 39.8 Å². The van der Waals surface area contributed by atoms with E-state index in [4.69, 9.17) is 0 Å². The van der Waals surface area contributed by atoms with E-state index >= 15 is 0 Å². The van der Waals surface area contributed by atoms with E-state index < -0.39 is 12.1 Å². The number of carbonyl (C=O) groups is 2. The van der Waals surface area contributed by atoms with Crippen LogP contribution in [-0.2, 0) is 9.59 Å². The molecule has 0 aliphatic carbocycles. The fourth-order valence-corrected chi connectivity index (χ4v) is 2.27. The Bertz CT molecular complexity index is 870. The first-order valence-corrected chi connectivity index (χ1v) is 8.79. The smallest absolute Gasteiger partial charge is 0.277 e. The van der Waals surface area contributed by atoms with Crippen molar-refractivity contribution in [1.82, 2.24) is 14.1 Å². The van der Waals surface area contributed by atoms with Gasteiger partial charge in [0.1, 0.15) is 11.4 Å². The fraction of sp³-hybridized carbons (Fsp3) is 0.421. The minimum atomic E-state index is -0.469. The zero-order valence-electron chi connectivity index (χ0n) is 17.0. The van der Waals surface area contributed by atoms with E-state index in [9.17, 15) is 19.2 Å². The van der Waals surface area contributed by atoms with Crippen molar-refractivity contribution in [2.24, 2.45) is 0 Å². The van der Waals surface area contributed by atoms with Crippen LogP contribution >= 0.6 is 0 Å². The summed E-state index contributed by atoms with van der Waals surface area (Å²) in [5, 5.41) is 5.51. The zero-order valence-corrected chi connectivity index (χ0v) is 17.0. The monoisotopic (exact) mass is 389 g/mol. The predicted molar refractivity (Wildman–Crippen MR) is 109 cm³/mol. The lowest BCUT2D eigenvalue weighted by Crippen LogP contribution is -2.28. The molecule has 0 saturated heterocycles. The number of hydrogen-bond donors (Lipinski definition) is 2. The van der Waals surface area contributed by atoms with Gasteiger partial charge in [0.2, 0.25) is 0 Å². The van der Waals surface area contributed by atoms with Crippen LogP contribution in [0.15, 0.2) is 40.4 Å². The molecule has 152 valence electrons. The topological polar surface area (TPSA) is 115 Å². The normalized spacial score (nSPS) is 12.2. The lowest BCUT2D eigenvalue weighted by molar-refractivity contribution is -0.120. The minimum Gasteiger partial charge on any atom is -0.384 e. The minimum absolute atomic E-state index is 0.0275. The summed E-state index contributed by atoms with van der Waals surface area (Å²) in [6, 6.07) is 2.55. The van der Waals surface area contributed by atoms with E-state index in [1.807, 2.05) is 0 Å². The molecule has 0 aliphatic heterocycles. The summed E-state index contributed by atoms with van der Waals surface area (Å²) in [4.78, 5) is 49.4. The van der Waals surface area contributed by atoms with Crippen LogP contribution in [-0.4, -0.2) is 39.8 Å². The van der Waals surface area contributed by atoms with Gasteiger partial charge in [-0.25, -0.2) is 4.98 Å². The standard InChI is InChI=1S/C10H14N2O2.C9H13N3O2/c1-7(8(2)13)12-6-4-5-9(11-3)10(12)14;1-6(7(2)13)12-5-11-4-8(10-3)9(12)14/h4-7,11H,1-3H3;4-6,10H,1-3H3. The number of carbonyl (C=O) groups excluding carboxylic acids is 2. The average Bonchev–Trinajstić information content (AvgIpc) is 2.67. The van der Waals surface area contributed by atoms with Crippen molar-refractivity contribution < 1.29 is 9.59 Å². The van der Waals surface area contributed by atoms with Gasteiger partial charge in [0.15, 0.2) is 11.6 Å². The van der Waals surface area contributed by atoms with Crippen molar-refractivity contribution in [3.8, 4) is 0 Å². The molecular weight excluding hydrogens is 362 g/mol. The molecule has 0 fully saturated rings. The Labute approximate surface area is 163 Å². The maximum absolute atomic E-state index is 11.7. The Morgan fingerprint density at radius 1 is 0.929 bits per heavy atom. The van der Waals surface area contributed by atoms with Crippen LogP contribution in [0.5, 0.6) is 0 Å². The van der Waals surface area contributed by atoms with Gasteiger partial charge >= 0.3 is 0 Å². The average molecular weight is 389 g/mol. The molecule has 0 radical (unpaired) electrons. The van der Waals surface area contributed by atoms with Gasteiger partial charge in [-0.2, -0.15) is 0 Å². The van der Waals surface area contributed by atoms with Crippen molar-refractivity contribution in [3.05, 3.63) is 51.6 Å². The highest BCUT2D eigenvalue weighted by Crippen LogP contribution is 2.06. The quantitative estimate of drug-likeness (QED) is 0.769. The van der Waals surface area contributed by atoms with Crippen molar-refractivity contribution >= 4 is 22.9 Å². The molecule has 0 aliphatic rings. The molecule has 2 aromatic rings. The van der Waals surface area contributed by atoms with Gasteiger partial charge in [0.05, 0.1) is 24.6 Å². The number of hydrogen-bond acceptors (Lipinski definition) is 7. The number of pyridine rings is 1. The third kappa shape index (κ3) is 5.38. The van der Waals surface area contributed by atoms with Gasteiger partial charge in [-0.05, 0) is 39.8 Å². The molecule has 2 aromatic heterocycles. The molecule has 28 heavy (non-hydrogen) atoms. The molecule has 0 amide bonds. The molecule has 9 nitrogen and oxygen atoms in total. The van der Waals surface area contributed by atoms with Crippen LogP contribution in [0.4, 0.5) is 11.4 Å². The highest BCUT2D eigenvalue weighted by Gasteiger charge is 2.13. The molecule has 2 rings (SSSR count). The lowest BCUT2D eigenvalue weighted by Gasteiger charge is -2.12. The van der Waals surface area contributed by atoms with Crippen LogP contribution in [0, 0.1) is 0 Å². The van der Waals surface area contributed by atoms with Gasteiger partial charge in [0.25, 0.3) is 11.1 Å². The van der Waals surface area contributed by atoms with Crippen LogP contribution in [0.2, 0.25) is 0 Å². The molecule has 0 saturated carbocycles.